The van der Waals surface area contributed by atoms with Gasteiger partial charge in [-0.05, 0) is 63.0 Å². The molecule has 0 atom stereocenters. The highest BCUT2D eigenvalue weighted by Gasteiger charge is 2.23. The third-order valence-corrected chi connectivity index (χ3v) is 4.12. The standard InChI is InChI=1S/C16H23N3O2.ClH/c1-18-9-6-12-7-10-19(11-8-12)16(21)14-4-2-13(3-5-14)15(17)20;/h2-5,12,18H,6-11H2,1H3,(H2,17,20);1H. The van der Waals surface area contributed by atoms with Crippen LogP contribution in [0.25, 0.3) is 0 Å². The van der Waals surface area contributed by atoms with Gasteiger partial charge in [0, 0.05) is 24.2 Å². The Hall–Kier alpha value is -1.59. The number of amides is 2. The fourth-order valence-electron chi connectivity index (χ4n) is 2.73. The molecular weight excluding hydrogens is 302 g/mol. The summed E-state index contributed by atoms with van der Waals surface area (Å²) in [5.41, 5.74) is 6.25. The van der Waals surface area contributed by atoms with Gasteiger partial charge in [0.1, 0.15) is 0 Å². The maximum absolute atomic E-state index is 12.4. The zero-order valence-electron chi connectivity index (χ0n) is 12.9. The first kappa shape index (κ1) is 18.5. The van der Waals surface area contributed by atoms with Crippen LogP contribution in [-0.2, 0) is 0 Å². The number of piperidine rings is 1. The molecule has 22 heavy (non-hydrogen) atoms. The fraction of sp³-hybridized carbons (Fsp3) is 0.500. The number of nitrogens with one attached hydrogen (secondary N) is 1. The summed E-state index contributed by atoms with van der Waals surface area (Å²) >= 11 is 0. The lowest BCUT2D eigenvalue weighted by molar-refractivity contribution is 0.0686. The highest BCUT2D eigenvalue weighted by Crippen LogP contribution is 2.21. The maximum Gasteiger partial charge on any atom is 0.253 e. The highest BCUT2D eigenvalue weighted by molar-refractivity contribution is 5.97. The van der Waals surface area contributed by atoms with Crippen molar-refractivity contribution in [3.63, 3.8) is 0 Å². The number of nitrogens with zero attached hydrogens (tertiary/aromatic N) is 1. The van der Waals surface area contributed by atoms with Crippen LogP contribution >= 0.6 is 12.4 Å². The van der Waals surface area contributed by atoms with Crippen molar-refractivity contribution in [2.75, 3.05) is 26.7 Å². The summed E-state index contributed by atoms with van der Waals surface area (Å²) in [5, 5.41) is 3.17. The molecule has 0 aliphatic carbocycles. The second-order valence-corrected chi connectivity index (χ2v) is 5.57. The van der Waals surface area contributed by atoms with Crippen LogP contribution in [0.2, 0.25) is 0 Å². The van der Waals surface area contributed by atoms with Gasteiger partial charge in [-0.15, -0.1) is 12.4 Å². The van der Waals surface area contributed by atoms with Gasteiger partial charge in [-0.2, -0.15) is 0 Å². The van der Waals surface area contributed by atoms with E-state index >= 15 is 0 Å². The molecule has 2 rings (SSSR count). The van der Waals surface area contributed by atoms with E-state index in [1.807, 2.05) is 11.9 Å². The number of carbonyl (C=O) groups excluding carboxylic acids is 2. The molecule has 122 valence electrons. The summed E-state index contributed by atoms with van der Waals surface area (Å²) in [6, 6.07) is 6.56. The molecule has 0 bridgehead atoms. The molecule has 1 aromatic carbocycles. The second kappa shape index (κ2) is 8.76. The number of benzene rings is 1. The molecule has 1 aliphatic heterocycles. The van der Waals surface area contributed by atoms with Crippen molar-refractivity contribution in [3.8, 4) is 0 Å². The van der Waals surface area contributed by atoms with Crippen molar-refractivity contribution in [3.05, 3.63) is 35.4 Å². The van der Waals surface area contributed by atoms with Crippen LogP contribution in [-0.4, -0.2) is 43.4 Å². The molecule has 2 amide bonds. The topological polar surface area (TPSA) is 75.4 Å². The van der Waals surface area contributed by atoms with Crippen molar-refractivity contribution in [1.82, 2.24) is 10.2 Å². The van der Waals surface area contributed by atoms with Gasteiger partial charge in [0.25, 0.3) is 5.91 Å². The molecule has 3 N–H and O–H groups in total. The van der Waals surface area contributed by atoms with E-state index in [9.17, 15) is 9.59 Å². The van der Waals surface area contributed by atoms with Crippen molar-refractivity contribution in [1.29, 1.82) is 0 Å². The lowest BCUT2D eigenvalue weighted by Gasteiger charge is -2.32. The van der Waals surface area contributed by atoms with Gasteiger partial charge in [-0.25, -0.2) is 0 Å². The van der Waals surface area contributed by atoms with Crippen LogP contribution in [0.1, 0.15) is 40.0 Å². The quantitative estimate of drug-likeness (QED) is 0.864. The Morgan fingerprint density at radius 3 is 2.23 bits per heavy atom. The van der Waals surface area contributed by atoms with Crippen LogP contribution in [0, 0.1) is 5.92 Å². The van der Waals surface area contributed by atoms with Gasteiger partial charge in [0.05, 0.1) is 0 Å². The number of hydrogen-bond acceptors (Lipinski definition) is 3. The summed E-state index contributed by atoms with van der Waals surface area (Å²) in [6.07, 6.45) is 3.30. The minimum absolute atomic E-state index is 0. The van der Waals surface area contributed by atoms with Gasteiger partial charge in [0.15, 0.2) is 0 Å². The Bertz CT molecular complexity index is 497. The minimum atomic E-state index is -0.473. The molecule has 0 radical (unpaired) electrons. The molecule has 1 aromatic rings. The lowest BCUT2D eigenvalue weighted by Crippen LogP contribution is -2.39. The van der Waals surface area contributed by atoms with E-state index in [0.29, 0.717) is 17.0 Å². The van der Waals surface area contributed by atoms with Crippen molar-refractivity contribution >= 4 is 24.2 Å². The summed E-state index contributed by atoms with van der Waals surface area (Å²) in [7, 11) is 1.97. The van der Waals surface area contributed by atoms with Crippen LogP contribution in [0.5, 0.6) is 0 Å². The fourth-order valence-corrected chi connectivity index (χ4v) is 2.73. The maximum atomic E-state index is 12.4. The van der Waals surface area contributed by atoms with Gasteiger partial charge in [0.2, 0.25) is 5.91 Å². The number of nitrogens with two attached hydrogens (primary N) is 1. The first-order valence-corrected chi connectivity index (χ1v) is 7.45. The predicted octanol–water partition coefficient (Wildman–Crippen LogP) is 1.67. The SMILES string of the molecule is CNCCC1CCN(C(=O)c2ccc(C(N)=O)cc2)CC1.Cl. The van der Waals surface area contributed by atoms with Crippen molar-refractivity contribution < 1.29 is 9.59 Å². The highest BCUT2D eigenvalue weighted by atomic mass is 35.5. The predicted molar refractivity (Wildman–Crippen MR) is 89.4 cm³/mol. The van der Waals surface area contributed by atoms with Gasteiger partial charge in [-0.1, -0.05) is 0 Å². The van der Waals surface area contributed by atoms with Crippen molar-refractivity contribution in [2.24, 2.45) is 11.7 Å². The number of carbonyl (C=O) groups is 2. The molecule has 6 heteroatoms. The summed E-state index contributed by atoms with van der Waals surface area (Å²) in [5.74, 6) is 0.274. The molecule has 0 saturated carbocycles. The van der Waals surface area contributed by atoms with Crippen molar-refractivity contribution in [2.45, 2.75) is 19.3 Å². The first-order valence-electron chi connectivity index (χ1n) is 7.45. The van der Waals surface area contributed by atoms with E-state index in [1.165, 1.54) is 6.42 Å². The van der Waals surface area contributed by atoms with Crippen LogP contribution in [0.15, 0.2) is 24.3 Å². The molecule has 0 spiro atoms. The lowest BCUT2D eigenvalue weighted by atomic mass is 9.93. The zero-order valence-corrected chi connectivity index (χ0v) is 13.7. The Kier molecular flexibility index (Phi) is 7.35. The van der Waals surface area contributed by atoms with E-state index < -0.39 is 5.91 Å². The van der Waals surface area contributed by atoms with Gasteiger partial charge < -0.3 is 16.0 Å². The van der Waals surface area contributed by atoms with Gasteiger partial charge >= 0.3 is 0 Å². The first-order chi connectivity index (χ1) is 10.1. The number of halogens is 1. The summed E-state index contributed by atoms with van der Waals surface area (Å²) < 4.78 is 0. The monoisotopic (exact) mass is 325 g/mol. The normalized spacial score (nSPS) is 15.2. The van der Waals surface area contributed by atoms with E-state index in [2.05, 4.69) is 5.32 Å². The second-order valence-electron chi connectivity index (χ2n) is 5.57. The number of rotatable bonds is 5. The summed E-state index contributed by atoms with van der Waals surface area (Å²) in [6.45, 7) is 2.66. The average molecular weight is 326 g/mol. The zero-order chi connectivity index (χ0) is 15.2. The van der Waals surface area contributed by atoms with Crippen LogP contribution in [0.4, 0.5) is 0 Å². The van der Waals surface area contributed by atoms with E-state index in [0.717, 1.165) is 32.5 Å². The van der Waals surface area contributed by atoms with E-state index in [1.54, 1.807) is 24.3 Å². The Morgan fingerprint density at radius 1 is 1.18 bits per heavy atom. The molecule has 1 saturated heterocycles. The molecule has 0 unspecified atom stereocenters. The van der Waals surface area contributed by atoms with Crippen LogP contribution in [0.3, 0.4) is 0 Å². The molecule has 1 fully saturated rings. The minimum Gasteiger partial charge on any atom is -0.366 e. The summed E-state index contributed by atoms with van der Waals surface area (Å²) in [4.78, 5) is 25.3. The van der Waals surface area contributed by atoms with E-state index in [-0.39, 0.29) is 18.3 Å². The third-order valence-electron chi connectivity index (χ3n) is 4.12. The van der Waals surface area contributed by atoms with E-state index in [4.69, 9.17) is 5.73 Å². The number of likely N-dealkylation sites (tertiary alicyclic amines) is 1. The van der Waals surface area contributed by atoms with Gasteiger partial charge in [-0.3, -0.25) is 9.59 Å². The molecule has 5 nitrogen and oxygen atoms in total. The molecule has 0 aromatic heterocycles. The number of hydrogen-bond donors (Lipinski definition) is 2. The smallest absolute Gasteiger partial charge is 0.253 e. The average Bonchev–Trinajstić information content (AvgIpc) is 2.53. The number of primary amides is 1. The third kappa shape index (κ3) is 4.71. The Morgan fingerprint density at radius 2 is 1.73 bits per heavy atom. The molecule has 1 aliphatic rings. The largest absolute Gasteiger partial charge is 0.366 e. The molecule has 1 heterocycles. The Labute approximate surface area is 137 Å². The molecular formula is C16H24ClN3O2. The Balaban J connectivity index is 0.00000242. The van der Waals surface area contributed by atoms with Crippen LogP contribution < -0.4 is 11.1 Å².